The van der Waals surface area contributed by atoms with Gasteiger partial charge in [-0.15, -0.1) is 0 Å². The van der Waals surface area contributed by atoms with Crippen LogP contribution < -0.4 is 0 Å². The maximum Gasteiger partial charge on any atom is 0.160 e. The smallest absolute Gasteiger partial charge is 0.160 e. The molecule has 15 heavy (non-hydrogen) atoms. The van der Waals surface area contributed by atoms with Gasteiger partial charge in [0.25, 0.3) is 0 Å². The summed E-state index contributed by atoms with van der Waals surface area (Å²) in [7, 11) is 1.65. The molecule has 4 nitrogen and oxygen atoms in total. The van der Waals surface area contributed by atoms with Crippen LogP contribution in [0.2, 0.25) is 0 Å². The largest absolute Gasteiger partial charge is 0.472 e. The van der Waals surface area contributed by atoms with Gasteiger partial charge in [0.1, 0.15) is 6.10 Å². The first-order valence-electron chi connectivity index (χ1n) is 5.19. The Labute approximate surface area is 88.1 Å². The first-order chi connectivity index (χ1) is 7.29. The summed E-state index contributed by atoms with van der Waals surface area (Å²) in [5, 5.41) is 0. The quantitative estimate of drug-likeness (QED) is 0.712. The molecule has 1 saturated heterocycles. The third-order valence-corrected chi connectivity index (χ3v) is 3.17. The van der Waals surface area contributed by atoms with Crippen LogP contribution in [0.4, 0.5) is 0 Å². The summed E-state index contributed by atoms with van der Waals surface area (Å²) in [5.74, 6) is 0. The number of rotatable bonds is 1. The molecule has 82 valence electrons. The van der Waals surface area contributed by atoms with Gasteiger partial charge in [0.2, 0.25) is 0 Å². The average Bonchev–Trinajstić information content (AvgIpc) is 2.80. The standard InChI is InChI=1S/C11H14O4/c1-6-7-4-13-5-8(7)11-9(14-6)3-10(12-2)15-11/h4-6,9-11H,3H2,1-2H3/t6-,9+,10-,11+/m1/s1. The molecule has 1 aromatic rings. The van der Waals surface area contributed by atoms with E-state index in [1.807, 2.05) is 6.92 Å². The van der Waals surface area contributed by atoms with Gasteiger partial charge in [-0.1, -0.05) is 0 Å². The lowest BCUT2D eigenvalue weighted by atomic mass is 9.97. The van der Waals surface area contributed by atoms with E-state index in [9.17, 15) is 0 Å². The third-order valence-electron chi connectivity index (χ3n) is 3.17. The molecule has 0 aliphatic carbocycles. The molecule has 3 rings (SSSR count). The fourth-order valence-corrected chi connectivity index (χ4v) is 2.39. The molecule has 0 amide bonds. The zero-order chi connectivity index (χ0) is 10.4. The number of methoxy groups -OCH3 is 1. The molecule has 0 bridgehead atoms. The van der Waals surface area contributed by atoms with Crippen LogP contribution in [0.15, 0.2) is 16.9 Å². The van der Waals surface area contributed by atoms with Gasteiger partial charge in [-0.05, 0) is 6.92 Å². The lowest BCUT2D eigenvalue weighted by Gasteiger charge is -2.28. The van der Waals surface area contributed by atoms with Gasteiger partial charge in [0.05, 0.1) is 24.7 Å². The summed E-state index contributed by atoms with van der Waals surface area (Å²) < 4.78 is 22.0. The van der Waals surface area contributed by atoms with Crippen molar-refractivity contribution in [3.05, 3.63) is 23.7 Å². The second-order valence-corrected chi connectivity index (χ2v) is 4.06. The highest BCUT2D eigenvalue weighted by Crippen LogP contribution is 2.45. The molecule has 2 aliphatic heterocycles. The Morgan fingerprint density at radius 2 is 2.07 bits per heavy atom. The van der Waals surface area contributed by atoms with E-state index in [4.69, 9.17) is 18.6 Å². The molecule has 0 saturated carbocycles. The molecular weight excluding hydrogens is 196 g/mol. The summed E-state index contributed by atoms with van der Waals surface area (Å²) in [6, 6.07) is 0. The first kappa shape index (κ1) is 9.39. The molecule has 1 fully saturated rings. The summed E-state index contributed by atoms with van der Waals surface area (Å²) in [5.41, 5.74) is 2.20. The summed E-state index contributed by atoms with van der Waals surface area (Å²) in [4.78, 5) is 0. The molecule has 0 spiro atoms. The van der Waals surface area contributed by atoms with Gasteiger partial charge in [0.15, 0.2) is 6.29 Å². The summed E-state index contributed by atoms with van der Waals surface area (Å²) >= 11 is 0. The van der Waals surface area contributed by atoms with E-state index in [1.165, 1.54) is 0 Å². The van der Waals surface area contributed by atoms with Crippen LogP contribution in [-0.2, 0) is 14.2 Å². The highest BCUT2D eigenvalue weighted by molar-refractivity contribution is 5.29. The number of hydrogen-bond donors (Lipinski definition) is 0. The van der Waals surface area contributed by atoms with E-state index >= 15 is 0 Å². The number of ether oxygens (including phenoxy) is 3. The number of fused-ring (bicyclic) bond motifs is 3. The lowest BCUT2D eigenvalue weighted by molar-refractivity contribution is -0.128. The normalized spacial score (nSPS) is 38.8. The van der Waals surface area contributed by atoms with E-state index in [0.29, 0.717) is 0 Å². The maximum absolute atomic E-state index is 5.86. The first-order valence-corrected chi connectivity index (χ1v) is 5.19. The fraction of sp³-hybridized carbons (Fsp3) is 0.636. The average molecular weight is 210 g/mol. The molecule has 0 unspecified atom stereocenters. The Morgan fingerprint density at radius 1 is 1.27 bits per heavy atom. The Kier molecular flexibility index (Phi) is 2.09. The molecule has 2 aliphatic rings. The minimum Gasteiger partial charge on any atom is -0.472 e. The fourth-order valence-electron chi connectivity index (χ4n) is 2.39. The Bertz CT molecular complexity index is 359. The molecule has 0 aromatic carbocycles. The van der Waals surface area contributed by atoms with Crippen LogP contribution in [0.1, 0.15) is 36.7 Å². The van der Waals surface area contributed by atoms with Gasteiger partial charge in [-0.3, -0.25) is 0 Å². The van der Waals surface area contributed by atoms with Gasteiger partial charge in [-0.2, -0.15) is 0 Å². The molecule has 1 aromatic heterocycles. The zero-order valence-corrected chi connectivity index (χ0v) is 8.80. The van der Waals surface area contributed by atoms with Crippen LogP contribution in [0, 0.1) is 0 Å². The maximum atomic E-state index is 5.86. The molecule has 0 radical (unpaired) electrons. The van der Waals surface area contributed by atoms with Crippen LogP contribution >= 0.6 is 0 Å². The van der Waals surface area contributed by atoms with E-state index < -0.39 is 0 Å². The van der Waals surface area contributed by atoms with E-state index in [2.05, 4.69) is 0 Å². The minimum absolute atomic E-state index is 0.0279. The van der Waals surface area contributed by atoms with Crippen LogP contribution in [0.3, 0.4) is 0 Å². The van der Waals surface area contributed by atoms with Crippen molar-refractivity contribution in [1.82, 2.24) is 0 Å². The highest BCUT2D eigenvalue weighted by Gasteiger charge is 2.43. The van der Waals surface area contributed by atoms with Gasteiger partial charge in [0, 0.05) is 24.7 Å². The summed E-state index contributed by atoms with van der Waals surface area (Å²) in [6.45, 7) is 2.03. The predicted molar refractivity (Wildman–Crippen MR) is 51.2 cm³/mol. The second kappa shape index (κ2) is 3.33. The highest BCUT2D eigenvalue weighted by atomic mass is 16.7. The monoisotopic (exact) mass is 210 g/mol. The molecule has 4 atom stereocenters. The van der Waals surface area contributed by atoms with E-state index in [-0.39, 0.29) is 24.6 Å². The third kappa shape index (κ3) is 1.33. The van der Waals surface area contributed by atoms with Crippen molar-refractivity contribution in [1.29, 1.82) is 0 Å². The van der Waals surface area contributed by atoms with Crippen LogP contribution in [-0.4, -0.2) is 19.5 Å². The Balaban J connectivity index is 1.94. The second-order valence-electron chi connectivity index (χ2n) is 4.06. The molecule has 0 N–H and O–H groups in total. The van der Waals surface area contributed by atoms with Crippen molar-refractivity contribution >= 4 is 0 Å². The lowest BCUT2D eigenvalue weighted by Crippen LogP contribution is -2.25. The van der Waals surface area contributed by atoms with Gasteiger partial charge in [-0.25, -0.2) is 0 Å². The number of hydrogen-bond acceptors (Lipinski definition) is 4. The number of furan rings is 1. The topological polar surface area (TPSA) is 40.8 Å². The predicted octanol–water partition coefficient (Wildman–Crippen LogP) is 2.17. The van der Waals surface area contributed by atoms with Crippen molar-refractivity contribution in [3.8, 4) is 0 Å². The van der Waals surface area contributed by atoms with Crippen molar-refractivity contribution in [2.75, 3.05) is 7.11 Å². The Morgan fingerprint density at radius 3 is 2.87 bits per heavy atom. The molecule has 3 heterocycles. The van der Waals surface area contributed by atoms with Crippen molar-refractivity contribution in [3.63, 3.8) is 0 Å². The van der Waals surface area contributed by atoms with Crippen molar-refractivity contribution in [2.24, 2.45) is 0 Å². The SMILES string of the molecule is CO[C@H]1C[C@@H]2O[C@H](C)c3cocc3[C@@H]2O1. The van der Waals surface area contributed by atoms with Gasteiger partial charge >= 0.3 is 0 Å². The van der Waals surface area contributed by atoms with E-state index in [0.717, 1.165) is 17.5 Å². The minimum atomic E-state index is -0.159. The van der Waals surface area contributed by atoms with Gasteiger partial charge < -0.3 is 18.6 Å². The summed E-state index contributed by atoms with van der Waals surface area (Å²) in [6.07, 6.45) is 4.27. The Hall–Kier alpha value is -0.840. The molecule has 4 heteroatoms. The molecular formula is C11H14O4. The van der Waals surface area contributed by atoms with Crippen molar-refractivity contribution < 1.29 is 18.6 Å². The van der Waals surface area contributed by atoms with Crippen LogP contribution in [0.25, 0.3) is 0 Å². The van der Waals surface area contributed by atoms with Crippen LogP contribution in [0.5, 0.6) is 0 Å². The van der Waals surface area contributed by atoms with E-state index in [1.54, 1.807) is 19.6 Å². The zero-order valence-electron chi connectivity index (χ0n) is 8.80. The van der Waals surface area contributed by atoms with Crippen molar-refractivity contribution in [2.45, 2.75) is 37.9 Å².